The monoisotopic (exact) mass is 530 g/mol. The zero-order valence-corrected chi connectivity index (χ0v) is 23.8. The summed E-state index contributed by atoms with van der Waals surface area (Å²) in [5.41, 5.74) is 5.05. The van der Waals surface area contributed by atoms with Crippen LogP contribution in [0.1, 0.15) is 57.4 Å². The van der Waals surface area contributed by atoms with Crippen molar-refractivity contribution in [2.75, 3.05) is 27.0 Å². The van der Waals surface area contributed by atoms with Crippen LogP contribution >= 0.6 is 0 Å². The van der Waals surface area contributed by atoms with E-state index in [0.717, 1.165) is 28.2 Å². The summed E-state index contributed by atoms with van der Waals surface area (Å²) in [5, 5.41) is 10.2. The molecule has 1 fully saturated rings. The fraction of sp³-hybridized carbons (Fsp3) is 0.400. The van der Waals surface area contributed by atoms with Gasteiger partial charge >= 0.3 is 6.03 Å². The van der Waals surface area contributed by atoms with E-state index in [0.29, 0.717) is 30.9 Å². The predicted molar refractivity (Wildman–Crippen MR) is 155 cm³/mol. The summed E-state index contributed by atoms with van der Waals surface area (Å²) in [4.78, 5) is 41.9. The Kier molecular flexibility index (Phi) is 7.81. The highest BCUT2D eigenvalue weighted by Crippen LogP contribution is 2.32. The van der Waals surface area contributed by atoms with Crippen molar-refractivity contribution < 1.29 is 14.4 Å². The van der Waals surface area contributed by atoms with Gasteiger partial charge in [0.05, 0.1) is 11.7 Å². The quantitative estimate of drug-likeness (QED) is 0.453. The van der Waals surface area contributed by atoms with Gasteiger partial charge < -0.3 is 15.1 Å². The lowest BCUT2D eigenvalue weighted by Crippen LogP contribution is -2.52. The van der Waals surface area contributed by atoms with Crippen LogP contribution in [-0.2, 0) is 22.1 Å². The molecule has 39 heavy (non-hydrogen) atoms. The van der Waals surface area contributed by atoms with E-state index in [1.54, 1.807) is 35.7 Å². The molecule has 0 unspecified atom stereocenters. The van der Waals surface area contributed by atoms with Crippen LogP contribution in [0, 0.1) is 13.8 Å². The van der Waals surface area contributed by atoms with E-state index in [4.69, 9.17) is 0 Å². The maximum absolute atomic E-state index is 12.9. The molecule has 0 radical (unpaired) electrons. The zero-order chi connectivity index (χ0) is 28.5. The summed E-state index contributed by atoms with van der Waals surface area (Å²) in [6.45, 7) is 12.2. The van der Waals surface area contributed by atoms with Gasteiger partial charge in [0.2, 0.25) is 11.8 Å². The number of carbonyl (C=O) groups is 3. The van der Waals surface area contributed by atoms with Crippen molar-refractivity contribution in [2.45, 2.75) is 65.8 Å². The van der Waals surface area contributed by atoms with Crippen LogP contribution in [0.5, 0.6) is 0 Å². The van der Waals surface area contributed by atoms with Gasteiger partial charge in [-0.3, -0.25) is 19.6 Å². The number of aromatic nitrogens is 2. The molecule has 2 heterocycles. The first kappa shape index (κ1) is 27.9. The van der Waals surface area contributed by atoms with Gasteiger partial charge in [0.15, 0.2) is 0 Å². The molecule has 1 atom stereocenters. The van der Waals surface area contributed by atoms with E-state index in [2.05, 4.69) is 36.5 Å². The third-order valence-corrected chi connectivity index (χ3v) is 7.09. The van der Waals surface area contributed by atoms with Crippen LogP contribution < -0.4 is 20.4 Å². The number of para-hydroxylation sites is 1. The Balaban J connectivity index is 1.47. The number of nitrogens with one attached hydrogen (secondary N) is 2. The second kappa shape index (κ2) is 10.9. The summed E-state index contributed by atoms with van der Waals surface area (Å²) < 4.78 is 1.64. The van der Waals surface area contributed by atoms with Crippen LogP contribution in [0.15, 0.2) is 48.5 Å². The van der Waals surface area contributed by atoms with Gasteiger partial charge in [0.25, 0.3) is 0 Å². The number of hydrogen-bond acceptors (Lipinski definition) is 4. The molecule has 4 amide bonds. The zero-order valence-electron chi connectivity index (χ0n) is 23.8. The molecule has 0 aliphatic carbocycles. The minimum atomic E-state index is -0.385. The van der Waals surface area contributed by atoms with Crippen molar-refractivity contribution in [1.29, 1.82) is 0 Å². The van der Waals surface area contributed by atoms with Crippen LogP contribution in [0.3, 0.4) is 0 Å². The second-order valence-electron chi connectivity index (χ2n) is 11.2. The molecule has 1 aliphatic heterocycles. The SMILES string of the molecule is CC(=O)N(c1ccc(NC(=O)Nc2cc(C(C)(C)C)nn2C)cc1)[C@H]1CCC(=O)N(c2c(C)cccc2C)C1. The van der Waals surface area contributed by atoms with E-state index in [-0.39, 0.29) is 29.3 Å². The molecule has 1 saturated heterocycles. The number of benzene rings is 2. The number of rotatable bonds is 5. The first-order valence-electron chi connectivity index (χ1n) is 13.2. The molecule has 0 saturated carbocycles. The normalized spacial score (nSPS) is 15.7. The second-order valence-corrected chi connectivity index (χ2v) is 11.2. The van der Waals surface area contributed by atoms with Crippen molar-refractivity contribution in [3.05, 3.63) is 65.4 Å². The number of urea groups is 1. The van der Waals surface area contributed by atoms with Crippen LogP contribution in [0.2, 0.25) is 0 Å². The molecule has 1 aliphatic rings. The molecule has 206 valence electrons. The minimum absolute atomic E-state index is 0.0701. The van der Waals surface area contributed by atoms with Gasteiger partial charge in [0, 0.05) is 55.5 Å². The molecule has 3 aromatic rings. The van der Waals surface area contributed by atoms with E-state index in [1.807, 2.05) is 55.1 Å². The third-order valence-electron chi connectivity index (χ3n) is 7.09. The standard InChI is InChI=1S/C30H38N6O3/c1-19-9-8-10-20(2)28(19)35-18-24(15-16-27(35)38)36(21(3)37)23-13-11-22(12-14-23)31-29(39)32-26-17-25(30(4,5)6)33-34(26)7/h8-14,17,24H,15-16,18H2,1-7H3,(H2,31,32,39)/t24-/m0/s1. The topological polar surface area (TPSA) is 99.6 Å². The van der Waals surface area contributed by atoms with Gasteiger partial charge in [0.1, 0.15) is 5.82 Å². The van der Waals surface area contributed by atoms with Crippen LogP contribution in [0.25, 0.3) is 0 Å². The van der Waals surface area contributed by atoms with E-state index < -0.39 is 0 Å². The van der Waals surface area contributed by atoms with E-state index >= 15 is 0 Å². The first-order valence-corrected chi connectivity index (χ1v) is 13.2. The summed E-state index contributed by atoms with van der Waals surface area (Å²) in [5.74, 6) is 0.568. The van der Waals surface area contributed by atoms with Crippen molar-refractivity contribution in [3.8, 4) is 0 Å². The highest BCUT2D eigenvalue weighted by atomic mass is 16.2. The number of nitrogens with zero attached hydrogens (tertiary/aromatic N) is 4. The van der Waals surface area contributed by atoms with E-state index in [1.165, 1.54) is 0 Å². The van der Waals surface area contributed by atoms with Crippen molar-refractivity contribution >= 4 is 40.7 Å². The van der Waals surface area contributed by atoms with Crippen molar-refractivity contribution in [3.63, 3.8) is 0 Å². The maximum Gasteiger partial charge on any atom is 0.324 e. The van der Waals surface area contributed by atoms with Crippen molar-refractivity contribution in [1.82, 2.24) is 9.78 Å². The fourth-order valence-corrected chi connectivity index (χ4v) is 5.07. The summed E-state index contributed by atoms with van der Waals surface area (Å²) in [7, 11) is 1.79. The lowest BCUT2D eigenvalue weighted by Gasteiger charge is -2.39. The predicted octanol–water partition coefficient (Wildman–Crippen LogP) is 5.53. The number of anilines is 4. The molecule has 0 spiro atoms. The van der Waals surface area contributed by atoms with Gasteiger partial charge in [-0.2, -0.15) is 5.10 Å². The number of amides is 4. The average molecular weight is 531 g/mol. The summed E-state index contributed by atoms with van der Waals surface area (Å²) in [6.07, 6.45) is 0.955. The first-order chi connectivity index (χ1) is 18.3. The van der Waals surface area contributed by atoms with Crippen molar-refractivity contribution in [2.24, 2.45) is 7.05 Å². The Morgan fingerprint density at radius 3 is 2.23 bits per heavy atom. The Labute approximate surface area is 230 Å². The lowest BCUT2D eigenvalue weighted by atomic mass is 9.92. The van der Waals surface area contributed by atoms with Gasteiger partial charge in [-0.25, -0.2) is 4.79 Å². The lowest BCUT2D eigenvalue weighted by molar-refractivity contribution is -0.121. The Morgan fingerprint density at radius 1 is 1.03 bits per heavy atom. The fourth-order valence-electron chi connectivity index (χ4n) is 5.07. The average Bonchev–Trinajstić information content (AvgIpc) is 3.22. The molecule has 2 aromatic carbocycles. The van der Waals surface area contributed by atoms with Crippen LogP contribution in [0.4, 0.5) is 27.7 Å². The summed E-state index contributed by atoms with van der Waals surface area (Å²) >= 11 is 0. The Hall–Kier alpha value is -4.14. The molecule has 0 bridgehead atoms. The molecule has 4 rings (SSSR count). The largest absolute Gasteiger partial charge is 0.324 e. The number of carbonyl (C=O) groups excluding carboxylic acids is 3. The summed E-state index contributed by atoms with van der Waals surface area (Å²) in [6, 6.07) is 14.5. The molecule has 9 heteroatoms. The Bertz CT molecular complexity index is 1370. The van der Waals surface area contributed by atoms with E-state index in [9.17, 15) is 14.4 Å². The van der Waals surface area contributed by atoms with Gasteiger partial charge in [-0.15, -0.1) is 0 Å². The smallest absolute Gasteiger partial charge is 0.310 e. The van der Waals surface area contributed by atoms with Crippen LogP contribution in [-0.4, -0.2) is 40.2 Å². The van der Waals surface area contributed by atoms with Gasteiger partial charge in [-0.1, -0.05) is 39.0 Å². The molecule has 2 N–H and O–H groups in total. The van der Waals surface area contributed by atoms with Gasteiger partial charge in [-0.05, 0) is 55.7 Å². The number of aryl methyl sites for hydroxylation is 3. The highest BCUT2D eigenvalue weighted by molar-refractivity contribution is 6.00. The molecular weight excluding hydrogens is 492 g/mol. The molecule has 9 nitrogen and oxygen atoms in total. The molecule has 1 aromatic heterocycles. The maximum atomic E-state index is 12.9. The highest BCUT2D eigenvalue weighted by Gasteiger charge is 2.33. The minimum Gasteiger partial charge on any atom is -0.310 e. The third kappa shape index (κ3) is 6.13. The molecular formula is C30H38N6O3. The number of piperidine rings is 1. The number of hydrogen-bond donors (Lipinski definition) is 2. The Morgan fingerprint density at radius 2 is 1.67 bits per heavy atom.